The molecule has 5 heteroatoms. The van der Waals surface area contributed by atoms with Crippen LogP contribution in [0.3, 0.4) is 0 Å². The van der Waals surface area contributed by atoms with Gasteiger partial charge in [-0.05, 0) is 86.4 Å². The van der Waals surface area contributed by atoms with Crippen LogP contribution < -0.4 is 10.1 Å². The summed E-state index contributed by atoms with van der Waals surface area (Å²) in [5.74, 6) is 0.763. The molecule has 1 fully saturated rings. The standard InChI is InChI=1S/C21H28N2O2S/c1-16(2)25-19-8-6-17(7-9-19)21(24)22-14-20(18-10-13-26-15-18)23-11-4-3-5-12-23/h6-10,13,15-16,20H,3-5,11-12,14H2,1-2H3,(H,22,24). The average Bonchev–Trinajstić information content (AvgIpc) is 3.17. The van der Waals surface area contributed by atoms with Crippen molar-refractivity contribution in [2.24, 2.45) is 0 Å². The molecule has 1 aromatic heterocycles. The van der Waals surface area contributed by atoms with Gasteiger partial charge >= 0.3 is 0 Å². The van der Waals surface area contributed by atoms with Gasteiger partial charge < -0.3 is 10.1 Å². The number of ether oxygens (including phenoxy) is 1. The lowest BCUT2D eigenvalue weighted by Gasteiger charge is -2.34. The molecule has 1 amide bonds. The monoisotopic (exact) mass is 372 g/mol. The van der Waals surface area contributed by atoms with Crippen LogP contribution in [-0.4, -0.2) is 36.5 Å². The summed E-state index contributed by atoms with van der Waals surface area (Å²) in [6, 6.07) is 9.80. The SMILES string of the molecule is CC(C)Oc1ccc(C(=O)NCC(c2ccsc2)N2CCCCC2)cc1. The third-order valence-electron chi connectivity index (χ3n) is 4.70. The molecule has 0 aliphatic carbocycles. The number of hydrogen-bond donors (Lipinski definition) is 1. The number of nitrogens with one attached hydrogen (secondary N) is 1. The number of amides is 1. The van der Waals surface area contributed by atoms with Crippen molar-refractivity contribution in [1.82, 2.24) is 10.2 Å². The smallest absolute Gasteiger partial charge is 0.251 e. The van der Waals surface area contributed by atoms with Crippen LogP contribution >= 0.6 is 11.3 Å². The summed E-state index contributed by atoms with van der Waals surface area (Å²) >= 11 is 1.72. The molecule has 0 spiro atoms. The Hall–Kier alpha value is -1.85. The van der Waals surface area contributed by atoms with Crippen molar-refractivity contribution in [3.05, 3.63) is 52.2 Å². The molecule has 1 aliphatic rings. The third-order valence-corrected chi connectivity index (χ3v) is 5.41. The molecular weight excluding hydrogens is 344 g/mol. The Bertz CT molecular complexity index is 677. The highest BCUT2D eigenvalue weighted by Gasteiger charge is 2.23. The average molecular weight is 373 g/mol. The predicted octanol–water partition coefficient (Wildman–Crippen LogP) is 4.49. The van der Waals surface area contributed by atoms with E-state index in [0.717, 1.165) is 18.8 Å². The van der Waals surface area contributed by atoms with Crippen molar-refractivity contribution in [3.63, 3.8) is 0 Å². The van der Waals surface area contributed by atoms with Crippen LogP contribution in [0.1, 0.15) is 55.1 Å². The maximum absolute atomic E-state index is 12.6. The third kappa shape index (κ3) is 5.08. The lowest BCUT2D eigenvalue weighted by molar-refractivity contribution is 0.0924. The van der Waals surface area contributed by atoms with Gasteiger partial charge in [-0.3, -0.25) is 9.69 Å². The first-order valence-electron chi connectivity index (χ1n) is 9.44. The Morgan fingerprint density at radius 3 is 2.50 bits per heavy atom. The van der Waals surface area contributed by atoms with E-state index in [4.69, 9.17) is 4.74 Å². The molecule has 4 nitrogen and oxygen atoms in total. The van der Waals surface area contributed by atoms with Crippen molar-refractivity contribution in [1.29, 1.82) is 0 Å². The minimum absolute atomic E-state index is 0.0293. The van der Waals surface area contributed by atoms with Crippen LogP contribution in [0.25, 0.3) is 0 Å². The number of thiophene rings is 1. The van der Waals surface area contributed by atoms with Crippen LogP contribution in [-0.2, 0) is 0 Å². The Morgan fingerprint density at radius 2 is 1.88 bits per heavy atom. The van der Waals surface area contributed by atoms with Crippen LogP contribution in [0.4, 0.5) is 0 Å². The van der Waals surface area contributed by atoms with Crippen LogP contribution in [0.5, 0.6) is 5.75 Å². The first kappa shape index (κ1) is 18.9. The second-order valence-electron chi connectivity index (χ2n) is 7.07. The summed E-state index contributed by atoms with van der Waals surface area (Å²) in [7, 11) is 0. The molecule has 2 heterocycles. The lowest BCUT2D eigenvalue weighted by Crippen LogP contribution is -2.40. The summed E-state index contributed by atoms with van der Waals surface area (Å²) < 4.78 is 5.64. The topological polar surface area (TPSA) is 41.6 Å². The Balaban J connectivity index is 1.62. The lowest BCUT2D eigenvalue weighted by atomic mass is 10.0. The molecule has 3 rings (SSSR count). The highest BCUT2D eigenvalue weighted by Crippen LogP contribution is 2.26. The molecule has 0 radical (unpaired) electrons. The number of benzene rings is 1. The van der Waals surface area contributed by atoms with E-state index >= 15 is 0 Å². The molecule has 2 aromatic rings. The molecule has 1 atom stereocenters. The molecule has 0 bridgehead atoms. The highest BCUT2D eigenvalue weighted by molar-refractivity contribution is 7.07. The van der Waals surface area contributed by atoms with Gasteiger partial charge in [-0.15, -0.1) is 0 Å². The van der Waals surface area contributed by atoms with E-state index in [1.165, 1.54) is 24.8 Å². The number of likely N-dealkylation sites (tertiary alicyclic amines) is 1. The number of rotatable bonds is 7. The van der Waals surface area contributed by atoms with Gasteiger partial charge in [0.2, 0.25) is 0 Å². The number of carbonyl (C=O) groups is 1. The molecule has 0 saturated carbocycles. The van der Waals surface area contributed by atoms with E-state index in [0.29, 0.717) is 12.1 Å². The summed E-state index contributed by atoms with van der Waals surface area (Å²) in [6.07, 6.45) is 3.92. The Kier molecular flexibility index (Phi) is 6.69. The van der Waals surface area contributed by atoms with Gasteiger partial charge in [0.1, 0.15) is 5.75 Å². The van der Waals surface area contributed by atoms with E-state index in [-0.39, 0.29) is 18.1 Å². The molecule has 1 unspecified atom stereocenters. The highest BCUT2D eigenvalue weighted by atomic mass is 32.1. The maximum atomic E-state index is 12.6. The van der Waals surface area contributed by atoms with Crippen LogP contribution in [0.15, 0.2) is 41.1 Å². The molecule has 1 saturated heterocycles. The van der Waals surface area contributed by atoms with E-state index in [2.05, 4.69) is 27.0 Å². The fraction of sp³-hybridized carbons (Fsp3) is 0.476. The van der Waals surface area contributed by atoms with Gasteiger partial charge in [-0.1, -0.05) is 6.42 Å². The van der Waals surface area contributed by atoms with Gasteiger partial charge in [0.25, 0.3) is 5.91 Å². The summed E-state index contributed by atoms with van der Waals surface area (Å²) in [6.45, 7) is 6.84. The molecule has 140 valence electrons. The van der Waals surface area contributed by atoms with E-state index in [9.17, 15) is 4.79 Å². The van der Waals surface area contributed by atoms with E-state index < -0.39 is 0 Å². The number of carbonyl (C=O) groups excluding carboxylic acids is 1. The first-order chi connectivity index (χ1) is 12.6. The Labute approximate surface area is 160 Å². The number of piperidine rings is 1. The molecular formula is C21H28N2O2S. The van der Waals surface area contributed by atoms with Crippen LogP contribution in [0, 0.1) is 0 Å². The Morgan fingerprint density at radius 1 is 1.15 bits per heavy atom. The van der Waals surface area contributed by atoms with Gasteiger partial charge in [0.15, 0.2) is 0 Å². The number of nitrogens with zero attached hydrogens (tertiary/aromatic N) is 1. The zero-order chi connectivity index (χ0) is 18.4. The summed E-state index contributed by atoms with van der Waals surface area (Å²) in [5, 5.41) is 7.44. The molecule has 1 aliphatic heterocycles. The normalized spacial score (nSPS) is 16.4. The van der Waals surface area contributed by atoms with E-state index in [1.54, 1.807) is 11.3 Å². The molecule has 1 N–H and O–H groups in total. The maximum Gasteiger partial charge on any atom is 0.251 e. The van der Waals surface area contributed by atoms with Crippen LogP contribution in [0.2, 0.25) is 0 Å². The summed E-state index contributed by atoms with van der Waals surface area (Å²) in [4.78, 5) is 15.1. The molecule has 1 aromatic carbocycles. The van der Waals surface area contributed by atoms with Crippen molar-refractivity contribution in [2.45, 2.75) is 45.3 Å². The van der Waals surface area contributed by atoms with Crippen molar-refractivity contribution in [3.8, 4) is 5.75 Å². The zero-order valence-corrected chi connectivity index (χ0v) is 16.4. The van der Waals surface area contributed by atoms with Gasteiger partial charge in [-0.25, -0.2) is 0 Å². The van der Waals surface area contributed by atoms with Gasteiger partial charge in [0.05, 0.1) is 12.1 Å². The summed E-state index contributed by atoms with van der Waals surface area (Å²) in [5.41, 5.74) is 1.97. The van der Waals surface area contributed by atoms with Gasteiger partial charge in [0, 0.05) is 12.1 Å². The fourth-order valence-corrected chi connectivity index (χ4v) is 4.11. The second kappa shape index (κ2) is 9.19. The minimum atomic E-state index is -0.0293. The predicted molar refractivity (Wildman–Crippen MR) is 107 cm³/mol. The first-order valence-corrected chi connectivity index (χ1v) is 10.4. The van der Waals surface area contributed by atoms with Gasteiger partial charge in [-0.2, -0.15) is 11.3 Å². The second-order valence-corrected chi connectivity index (χ2v) is 7.85. The molecule has 26 heavy (non-hydrogen) atoms. The largest absolute Gasteiger partial charge is 0.491 e. The van der Waals surface area contributed by atoms with Crippen molar-refractivity contribution < 1.29 is 9.53 Å². The quantitative estimate of drug-likeness (QED) is 0.778. The van der Waals surface area contributed by atoms with Crippen molar-refractivity contribution in [2.75, 3.05) is 19.6 Å². The van der Waals surface area contributed by atoms with E-state index in [1.807, 2.05) is 38.1 Å². The van der Waals surface area contributed by atoms with Crippen molar-refractivity contribution >= 4 is 17.2 Å². The minimum Gasteiger partial charge on any atom is -0.491 e. The zero-order valence-electron chi connectivity index (χ0n) is 15.6. The number of hydrogen-bond acceptors (Lipinski definition) is 4. The fourth-order valence-electron chi connectivity index (χ4n) is 3.40.